The summed E-state index contributed by atoms with van der Waals surface area (Å²) in [5.74, 6) is -2.12. The van der Waals surface area contributed by atoms with Crippen molar-refractivity contribution in [1.29, 1.82) is 0 Å². The van der Waals surface area contributed by atoms with E-state index >= 15 is 0 Å². The molecule has 2 aromatic carbocycles. The Labute approximate surface area is 186 Å². The maximum atomic E-state index is 14.7. The molecule has 4 rings (SSSR count). The highest BCUT2D eigenvalue weighted by Gasteiger charge is 2.40. The van der Waals surface area contributed by atoms with Gasteiger partial charge in [-0.25, -0.2) is 22.8 Å². The van der Waals surface area contributed by atoms with Gasteiger partial charge in [0.15, 0.2) is 0 Å². The van der Waals surface area contributed by atoms with Crippen molar-refractivity contribution in [2.45, 2.75) is 32.0 Å². The monoisotopic (exact) mass is 461 g/mol. The zero-order chi connectivity index (χ0) is 23.0. The molecule has 0 amide bonds. The van der Waals surface area contributed by atoms with Crippen molar-refractivity contribution in [2.24, 2.45) is 0 Å². The fourth-order valence-corrected chi connectivity index (χ4v) is 3.78. The van der Waals surface area contributed by atoms with E-state index < -0.39 is 29.1 Å². The first kappa shape index (κ1) is 22.0. The lowest BCUT2D eigenvalue weighted by atomic mass is 9.86. The van der Waals surface area contributed by atoms with E-state index in [-0.39, 0.29) is 17.1 Å². The van der Waals surface area contributed by atoms with Gasteiger partial charge in [-0.3, -0.25) is 4.68 Å². The molecule has 0 unspecified atom stereocenters. The number of aromatic nitrogens is 5. The second-order valence-electron chi connectivity index (χ2n) is 7.59. The smallest absolute Gasteiger partial charge is 0.137 e. The second kappa shape index (κ2) is 8.40. The van der Waals surface area contributed by atoms with Gasteiger partial charge in [0.05, 0.1) is 18.8 Å². The number of nitrogens with zero attached hydrogens (tertiary/aromatic N) is 5. The quantitative estimate of drug-likeness (QED) is 0.453. The SMILES string of the molecule is Cc1c(F)cc(-c2cnn([C@H](C)[C@](O)(Cn3cncn3)c3ccc(F)cc3F)c2)cc1Cl. The van der Waals surface area contributed by atoms with Crippen LogP contribution in [0.2, 0.25) is 5.02 Å². The fourth-order valence-electron chi connectivity index (χ4n) is 3.57. The molecule has 2 atom stereocenters. The topological polar surface area (TPSA) is 68.8 Å². The summed E-state index contributed by atoms with van der Waals surface area (Å²) in [4.78, 5) is 3.85. The first-order valence-electron chi connectivity index (χ1n) is 9.69. The minimum atomic E-state index is -1.87. The van der Waals surface area contributed by atoms with E-state index in [1.807, 2.05) is 0 Å². The first-order valence-corrected chi connectivity index (χ1v) is 10.1. The van der Waals surface area contributed by atoms with E-state index in [9.17, 15) is 18.3 Å². The average molecular weight is 462 g/mol. The molecule has 6 nitrogen and oxygen atoms in total. The molecule has 0 fully saturated rings. The Bertz CT molecular complexity index is 1240. The molecular weight excluding hydrogens is 443 g/mol. The Morgan fingerprint density at radius 3 is 2.53 bits per heavy atom. The summed E-state index contributed by atoms with van der Waals surface area (Å²) >= 11 is 6.11. The van der Waals surface area contributed by atoms with Crippen molar-refractivity contribution in [1.82, 2.24) is 24.5 Å². The molecule has 0 saturated heterocycles. The molecule has 0 radical (unpaired) electrons. The molecule has 0 aliphatic rings. The van der Waals surface area contributed by atoms with Crippen molar-refractivity contribution >= 4 is 11.6 Å². The fraction of sp³-hybridized carbons (Fsp3) is 0.227. The minimum absolute atomic E-state index is 0.122. The Balaban J connectivity index is 1.76. The molecule has 0 spiro atoms. The van der Waals surface area contributed by atoms with Gasteiger partial charge in [-0.2, -0.15) is 10.2 Å². The van der Waals surface area contributed by atoms with Gasteiger partial charge in [-0.1, -0.05) is 17.7 Å². The molecular formula is C22H19ClF3N5O. The third kappa shape index (κ3) is 4.01. The molecule has 0 bridgehead atoms. The summed E-state index contributed by atoms with van der Waals surface area (Å²) in [6, 6.07) is 5.11. The standard InChI is InChI=1S/C22H19ClF3N5O/c1-13-19(23)5-15(6-20(13)25)16-8-28-31(9-16)14(2)22(32,10-30-12-27-11-29-30)18-4-3-17(24)7-21(18)26/h3-9,11-12,14,32H,10H2,1-2H3/t14-,22-/m1/s1. The number of hydrogen-bond acceptors (Lipinski definition) is 4. The highest BCUT2D eigenvalue weighted by Crippen LogP contribution is 2.37. The number of halogens is 4. The normalized spacial score (nSPS) is 14.3. The van der Waals surface area contributed by atoms with Crippen LogP contribution >= 0.6 is 11.6 Å². The predicted octanol–water partition coefficient (Wildman–Crippen LogP) is 4.67. The molecule has 0 aliphatic carbocycles. The molecule has 166 valence electrons. The van der Waals surface area contributed by atoms with Gasteiger partial charge in [-0.05, 0) is 37.6 Å². The van der Waals surface area contributed by atoms with Gasteiger partial charge in [0, 0.05) is 34.0 Å². The average Bonchev–Trinajstić information content (AvgIpc) is 3.43. The summed E-state index contributed by atoms with van der Waals surface area (Å²) in [5, 5.41) is 20.2. The summed E-state index contributed by atoms with van der Waals surface area (Å²) in [7, 11) is 0. The van der Waals surface area contributed by atoms with E-state index in [1.54, 1.807) is 26.1 Å². The molecule has 2 aromatic heterocycles. The first-order chi connectivity index (χ1) is 15.2. The largest absolute Gasteiger partial charge is 0.381 e. The van der Waals surface area contributed by atoms with Crippen molar-refractivity contribution in [3.8, 4) is 11.1 Å². The molecule has 10 heteroatoms. The lowest BCUT2D eigenvalue weighted by Gasteiger charge is -2.34. The molecule has 0 saturated carbocycles. The van der Waals surface area contributed by atoms with Gasteiger partial charge in [0.25, 0.3) is 0 Å². The zero-order valence-corrected chi connectivity index (χ0v) is 17.9. The second-order valence-corrected chi connectivity index (χ2v) is 8.00. The lowest BCUT2D eigenvalue weighted by molar-refractivity contribution is -0.0368. The Morgan fingerprint density at radius 1 is 1.09 bits per heavy atom. The minimum Gasteiger partial charge on any atom is -0.381 e. The van der Waals surface area contributed by atoms with Crippen LogP contribution in [0.4, 0.5) is 13.2 Å². The molecule has 1 N–H and O–H groups in total. The van der Waals surface area contributed by atoms with Crippen LogP contribution in [0.15, 0.2) is 55.4 Å². The molecule has 32 heavy (non-hydrogen) atoms. The maximum Gasteiger partial charge on any atom is 0.137 e. The molecule has 0 aliphatic heterocycles. The summed E-state index contributed by atoms with van der Waals surface area (Å²) in [6.45, 7) is 3.05. The zero-order valence-electron chi connectivity index (χ0n) is 17.2. The van der Waals surface area contributed by atoms with Crippen LogP contribution in [0.3, 0.4) is 0 Å². The third-order valence-electron chi connectivity index (χ3n) is 5.57. The van der Waals surface area contributed by atoms with Crippen LogP contribution in [0.25, 0.3) is 11.1 Å². The van der Waals surface area contributed by atoms with E-state index in [1.165, 1.54) is 40.3 Å². The van der Waals surface area contributed by atoms with E-state index in [2.05, 4.69) is 15.2 Å². The molecule has 4 aromatic rings. The van der Waals surface area contributed by atoms with Crippen molar-refractivity contribution in [2.75, 3.05) is 0 Å². The number of rotatable bonds is 6. The van der Waals surface area contributed by atoms with Crippen LogP contribution in [-0.4, -0.2) is 29.7 Å². The number of benzene rings is 2. The van der Waals surface area contributed by atoms with Gasteiger partial charge in [-0.15, -0.1) is 0 Å². The van der Waals surface area contributed by atoms with Crippen molar-refractivity contribution < 1.29 is 18.3 Å². The molecule has 2 heterocycles. The van der Waals surface area contributed by atoms with E-state index in [0.717, 1.165) is 6.07 Å². The Kier molecular flexibility index (Phi) is 5.79. The van der Waals surface area contributed by atoms with Crippen molar-refractivity contribution in [3.05, 3.63) is 89.0 Å². The van der Waals surface area contributed by atoms with E-state index in [0.29, 0.717) is 22.8 Å². The number of aliphatic hydroxyl groups is 1. The highest BCUT2D eigenvalue weighted by atomic mass is 35.5. The summed E-state index contributed by atoms with van der Waals surface area (Å²) in [5.41, 5.74) is -0.594. The lowest BCUT2D eigenvalue weighted by Crippen LogP contribution is -2.40. The third-order valence-corrected chi connectivity index (χ3v) is 5.96. The van der Waals surface area contributed by atoms with Gasteiger partial charge in [0.1, 0.15) is 35.7 Å². The summed E-state index contributed by atoms with van der Waals surface area (Å²) < 4.78 is 45.2. The van der Waals surface area contributed by atoms with Crippen LogP contribution in [-0.2, 0) is 12.1 Å². The van der Waals surface area contributed by atoms with Crippen LogP contribution in [0.1, 0.15) is 24.1 Å². The maximum absolute atomic E-state index is 14.7. The van der Waals surface area contributed by atoms with E-state index in [4.69, 9.17) is 11.6 Å². The van der Waals surface area contributed by atoms with Crippen LogP contribution in [0.5, 0.6) is 0 Å². The number of hydrogen-bond donors (Lipinski definition) is 1. The predicted molar refractivity (Wildman–Crippen MR) is 112 cm³/mol. The Morgan fingerprint density at radius 2 is 1.88 bits per heavy atom. The van der Waals surface area contributed by atoms with Crippen molar-refractivity contribution in [3.63, 3.8) is 0 Å². The summed E-state index contributed by atoms with van der Waals surface area (Å²) in [6.07, 6.45) is 5.76. The Hall–Kier alpha value is -3.17. The van der Waals surface area contributed by atoms with Gasteiger partial charge in [0.2, 0.25) is 0 Å². The highest BCUT2D eigenvalue weighted by molar-refractivity contribution is 6.31. The van der Waals surface area contributed by atoms with Crippen LogP contribution in [0, 0.1) is 24.4 Å². The van der Waals surface area contributed by atoms with Gasteiger partial charge < -0.3 is 5.11 Å². The van der Waals surface area contributed by atoms with Gasteiger partial charge >= 0.3 is 0 Å². The van der Waals surface area contributed by atoms with Crippen LogP contribution < -0.4 is 0 Å².